The standard InChI is InChI=1S/C24H24Cl2N2O4/c1-2-24(28-23(30)16-32-21-9-5-18(26)6-10-21)13-11-19(12-14-24)27-22(29)15-31-20-7-3-17(25)4-8-20/h1,3-10,19H,11-16H2,(H,27,29)(H,28,30)/t19-,24+. The van der Waals surface area contributed by atoms with Crippen LogP contribution < -0.4 is 20.1 Å². The maximum Gasteiger partial charge on any atom is 0.259 e. The number of hydrogen-bond acceptors (Lipinski definition) is 4. The highest BCUT2D eigenvalue weighted by molar-refractivity contribution is 6.30. The Morgan fingerprint density at radius 1 is 0.906 bits per heavy atom. The summed E-state index contributed by atoms with van der Waals surface area (Å²) in [5, 5.41) is 7.07. The molecule has 8 heteroatoms. The van der Waals surface area contributed by atoms with E-state index in [0.717, 1.165) is 0 Å². The Balaban J connectivity index is 1.41. The second-order valence-corrected chi connectivity index (χ2v) is 8.47. The Bertz CT molecular complexity index is 963. The van der Waals surface area contributed by atoms with E-state index < -0.39 is 5.54 Å². The monoisotopic (exact) mass is 474 g/mol. The summed E-state index contributed by atoms with van der Waals surface area (Å²) in [6.07, 6.45) is 8.15. The number of benzene rings is 2. The van der Waals surface area contributed by atoms with E-state index in [0.29, 0.717) is 47.2 Å². The molecule has 1 fully saturated rings. The van der Waals surface area contributed by atoms with E-state index in [4.69, 9.17) is 39.1 Å². The molecular weight excluding hydrogens is 451 g/mol. The zero-order valence-corrected chi connectivity index (χ0v) is 18.9. The second-order valence-electron chi connectivity index (χ2n) is 7.60. The minimum atomic E-state index is -0.749. The van der Waals surface area contributed by atoms with Gasteiger partial charge < -0.3 is 20.1 Å². The normalized spacial score (nSPS) is 20.0. The average Bonchev–Trinajstić information content (AvgIpc) is 2.80. The smallest absolute Gasteiger partial charge is 0.259 e. The fraction of sp³-hybridized carbons (Fsp3) is 0.333. The molecule has 0 heterocycles. The van der Waals surface area contributed by atoms with Crippen LogP contribution in [0.2, 0.25) is 10.0 Å². The number of rotatable bonds is 8. The van der Waals surface area contributed by atoms with Crippen molar-refractivity contribution in [2.45, 2.75) is 37.3 Å². The Kier molecular flexibility index (Phi) is 8.26. The van der Waals surface area contributed by atoms with E-state index in [1.807, 2.05) is 0 Å². The van der Waals surface area contributed by atoms with Crippen LogP contribution in [0.1, 0.15) is 25.7 Å². The molecule has 0 spiro atoms. The van der Waals surface area contributed by atoms with Crippen molar-refractivity contribution >= 4 is 35.0 Å². The van der Waals surface area contributed by atoms with Crippen LogP contribution in [0, 0.1) is 12.3 Å². The number of terminal acetylenes is 1. The molecule has 0 aromatic heterocycles. The van der Waals surface area contributed by atoms with Gasteiger partial charge in [0.05, 0.1) is 0 Å². The predicted octanol–water partition coefficient (Wildman–Crippen LogP) is 4.00. The highest BCUT2D eigenvalue weighted by atomic mass is 35.5. The fourth-order valence-electron chi connectivity index (χ4n) is 3.49. The number of amides is 2. The third-order valence-electron chi connectivity index (χ3n) is 5.23. The zero-order chi connectivity index (χ0) is 23.0. The maximum atomic E-state index is 12.4. The third-order valence-corrected chi connectivity index (χ3v) is 5.73. The zero-order valence-electron chi connectivity index (χ0n) is 17.4. The molecule has 0 radical (unpaired) electrons. The van der Waals surface area contributed by atoms with Crippen molar-refractivity contribution in [3.8, 4) is 23.8 Å². The summed E-state index contributed by atoms with van der Waals surface area (Å²) in [5.74, 6) is 3.34. The van der Waals surface area contributed by atoms with E-state index in [2.05, 4.69) is 16.6 Å². The van der Waals surface area contributed by atoms with Gasteiger partial charge in [-0.05, 0) is 74.2 Å². The number of nitrogens with one attached hydrogen (secondary N) is 2. The predicted molar refractivity (Wildman–Crippen MR) is 124 cm³/mol. The van der Waals surface area contributed by atoms with Crippen LogP contribution in [0.5, 0.6) is 11.5 Å². The van der Waals surface area contributed by atoms with Crippen LogP contribution in [0.15, 0.2) is 48.5 Å². The quantitative estimate of drug-likeness (QED) is 0.566. The summed E-state index contributed by atoms with van der Waals surface area (Å²) in [5.41, 5.74) is -0.749. The van der Waals surface area contributed by atoms with E-state index in [9.17, 15) is 9.59 Å². The van der Waals surface area contributed by atoms with Gasteiger partial charge in [0.2, 0.25) is 0 Å². The first kappa shape index (κ1) is 23.8. The summed E-state index contributed by atoms with van der Waals surface area (Å²) >= 11 is 11.7. The highest BCUT2D eigenvalue weighted by Gasteiger charge is 2.35. The van der Waals surface area contributed by atoms with E-state index in [1.165, 1.54) is 0 Å². The van der Waals surface area contributed by atoms with Gasteiger partial charge in [-0.2, -0.15) is 0 Å². The van der Waals surface area contributed by atoms with Gasteiger partial charge >= 0.3 is 0 Å². The lowest BCUT2D eigenvalue weighted by atomic mass is 9.80. The Morgan fingerprint density at radius 3 is 1.84 bits per heavy atom. The van der Waals surface area contributed by atoms with Crippen molar-refractivity contribution in [3.05, 3.63) is 58.6 Å². The molecule has 2 N–H and O–H groups in total. The summed E-state index contributed by atoms with van der Waals surface area (Å²) in [6.45, 7) is -0.232. The first-order valence-corrected chi connectivity index (χ1v) is 11.0. The van der Waals surface area contributed by atoms with Crippen LogP contribution in [-0.2, 0) is 9.59 Å². The maximum absolute atomic E-state index is 12.4. The molecule has 0 bridgehead atoms. The van der Waals surface area contributed by atoms with Gasteiger partial charge in [-0.3, -0.25) is 9.59 Å². The highest BCUT2D eigenvalue weighted by Crippen LogP contribution is 2.28. The minimum absolute atomic E-state index is 0.0278. The van der Waals surface area contributed by atoms with Crippen molar-refractivity contribution in [1.29, 1.82) is 0 Å². The summed E-state index contributed by atoms with van der Waals surface area (Å²) in [6, 6.07) is 13.5. The van der Waals surface area contributed by atoms with Crippen LogP contribution in [0.25, 0.3) is 0 Å². The number of carbonyl (C=O) groups is 2. The first-order chi connectivity index (χ1) is 15.4. The topological polar surface area (TPSA) is 76.7 Å². The molecule has 1 aliphatic carbocycles. The van der Waals surface area contributed by atoms with Crippen molar-refractivity contribution in [2.75, 3.05) is 13.2 Å². The van der Waals surface area contributed by atoms with Gasteiger partial charge in [0.15, 0.2) is 13.2 Å². The van der Waals surface area contributed by atoms with Gasteiger partial charge in [0, 0.05) is 16.1 Å². The number of carbonyl (C=O) groups excluding carboxylic acids is 2. The van der Waals surface area contributed by atoms with Crippen molar-refractivity contribution in [3.63, 3.8) is 0 Å². The van der Waals surface area contributed by atoms with Gasteiger partial charge in [-0.25, -0.2) is 0 Å². The Morgan fingerprint density at radius 2 is 1.38 bits per heavy atom. The van der Waals surface area contributed by atoms with Gasteiger partial charge in [0.1, 0.15) is 17.0 Å². The Hall–Kier alpha value is -2.88. The molecule has 6 nitrogen and oxygen atoms in total. The van der Waals surface area contributed by atoms with Gasteiger partial charge in [-0.1, -0.05) is 29.1 Å². The molecule has 32 heavy (non-hydrogen) atoms. The van der Waals surface area contributed by atoms with E-state index in [-0.39, 0.29) is 31.1 Å². The van der Waals surface area contributed by atoms with E-state index >= 15 is 0 Å². The third kappa shape index (κ3) is 7.08. The lowest BCUT2D eigenvalue weighted by Crippen LogP contribution is -2.53. The molecule has 3 rings (SSSR count). The Labute approximate surface area is 197 Å². The van der Waals surface area contributed by atoms with E-state index in [1.54, 1.807) is 48.5 Å². The molecule has 2 aromatic rings. The van der Waals surface area contributed by atoms with Crippen molar-refractivity contribution < 1.29 is 19.1 Å². The van der Waals surface area contributed by atoms with Crippen LogP contribution in [0.3, 0.4) is 0 Å². The molecule has 2 aromatic carbocycles. The van der Waals surface area contributed by atoms with Crippen molar-refractivity contribution in [2.24, 2.45) is 0 Å². The summed E-state index contributed by atoms with van der Waals surface area (Å²) in [7, 11) is 0. The molecule has 1 aliphatic rings. The molecule has 168 valence electrons. The molecule has 2 amide bonds. The van der Waals surface area contributed by atoms with Gasteiger partial charge in [0.25, 0.3) is 11.8 Å². The number of ether oxygens (including phenoxy) is 2. The molecule has 1 saturated carbocycles. The van der Waals surface area contributed by atoms with Crippen LogP contribution >= 0.6 is 23.2 Å². The largest absolute Gasteiger partial charge is 0.484 e. The molecule has 0 saturated heterocycles. The van der Waals surface area contributed by atoms with Crippen LogP contribution in [-0.4, -0.2) is 36.6 Å². The lowest BCUT2D eigenvalue weighted by Gasteiger charge is -2.37. The molecule has 0 atom stereocenters. The summed E-state index contributed by atoms with van der Waals surface area (Å²) < 4.78 is 10.9. The molecule has 0 aliphatic heterocycles. The first-order valence-electron chi connectivity index (χ1n) is 10.2. The number of halogens is 2. The fourth-order valence-corrected chi connectivity index (χ4v) is 3.74. The van der Waals surface area contributed by atoms with Crippen LogP contribution in [0.4, 0.5) is 0 Å². The molecular formula is C24H24Cl2N2O4. The SMILES string of the molecule is C#C[C@]1(NC(=O)COc2ccc(Cl)cc2)CC[C@@H](NC(=O)COc2ccc(Cl)cc2)CC1. The summed E-state index contributed by atoms with van der Waals surface area (Å²) in [4.78, 5) is 24.6. The second kappa shape index (κ2) is 11.1. The molecule has 0 unspecified atom stereocenters. The van der Waals surface area contributed by atoms with Gasteiger partial charge in [-0.15, -0.1) is 6.42 Å². The average molecular weight is 475 g/mol. The number of hydrogen-bond donors (Lipinski definition) is 2. The minimum Gasteiger partial charge on any atom is -0.484 e. The van der Waals surface area contributed by atoms with Crippen molar-refractivity contribution in [1.82, 2.24) is 10.6 Å². The lowest BCUT2D eigenvalue weighted by molar-refractivity contribution is -0.126.